The maximum absolute atomic E-state index is 12.9. The van der Waals surface area contributed by atoms with E-state index in [-0.39, 0.29) is 26.3 Å². The van der Waals surface area contributed by atoms with Gasteiger partial charge in [-0.15, -0.1) is 0 Å². The van der Waals surface area contributed by atoms with Crippen molar-refractivity contribution in [1.82, 2.24) is 0 Å². The van der Waals surface area contributed by atoms with Crippen LogP contribution in [0.5, 0.6) is 17.2 Å². The van der Waals surface area contributed by atoms with Gasteiger partial charge < -0.3 is 22.6 Å². The lowest BCUT2D eigenvalue weighted by molar-refractivity contribution is 0.00578. The van der Waals surface area contributed by atoms with Crippen molar-refractivity contribution in [1.29, 1.82) is 0 Å². The summed E-state index contributed by atoms with van der Waals surface area (Å²) in [4.78, 5) is 51.2. The van der Waals surface area contributed by atoms with Gasteiger partial charge in [0.05, 0.1) is 11.2 Å². The van der Waals surface area contributed by atoms with Crippen molar-refractivity contribution in [3.05, 3.63) is 404 Å². The van der Waals surface area contributed by atoms with E-state index in [1.54, 1.807) is 24.3 Å². The number of hydrogen-bond acceptors (Lipinski definition) is 9. The van der Waals surface area contributed by atoms with Crippen LogP contribution in [0.2, 0.25) is 54.4 Å². The van der Waals surface area contributed by atoms with Crippen LogP contribution >= 0.6 is 45.2 Å². The highest BCUT2D eigenvalue weighted by atomic mass is 127. The van der Waals surface area contributed by atoms with Gasteiger partial charge in [-0.05, 0) is 367 Å². The minimum absolute atomic E-state index is 0.0942. The first kappa shape index (κ1) is 103. The van der Waals surface area contributed by atoms with E-state index in [0.29, 0.717) is 22.3 Å². The van der Waals surface area contributed by atoms with Crippen LogP contribution in [0.4, 0.5) is 0 Å². The molecule has 740 valence electrons. The Hall–Kier alpha value is -13.1. The number of rotatable bonds is 14. The fourth-order valence-corrected chi connectivity index (χ4v) is 23.4. The Morgan fingerprint density at radius 2 is 0.446 bits per heavy atom. The number of fused-ring (bicyclic) bond motifs is 15. The van der Waals surface area contributed by atoms with Crippen LogP contribution in [-0.4, -0.2) is 66.4 Å². The molecule has 1 heterocycles. The molecule has 0 radical (unpaired) electrons. The van der Waals surface area contributed by atoms with E-state index >= 15 is 0 Å². The summed E-state index contributed by atoms with van der Waals surface area (Å²) in [6, 6.07) is 124. The number of hydrogen-bond donors (Lipinski definition) is 0. The Morgan fingerprint density at radius 3 is 0.784 bits per heavy atom. The van der Waals surface area contributed by atoms with Crippen LogP contribution in [0.3, 0.4) is 0 Å². The molecule has 0 saturated carbocycles. The second-order valence-electron chi connectivity index (χ2n) is 45.3. The summed E-state index contributed by atoms with van der Waals surface area (Å²) in [5, 5.41) is 15.1. The van der Waals surface area contributed by atoms with Gasteiger partial charge in [0, 0.05) is 45.6 Å². The largest absolute Gasteiger partial charge is 0.543 e. The third-order valence-corrected chi connectivity index (χ3v) is 46.6. The van der Waals surface area contributed by atoms with Crippen LogP contribution in [-0.2, 0) is 9.31 Å². The molecule has 0 unspecified atom stereocenters. The molecule has 2 aliphatic carbocycles. The highest BCUT2D eigenvalue weighted by Gasteiger charge is 2.52. The van der Waals surface area contributed by atoms with E-state index in [4.69, 9.17) is 22.6 Å². The second-order valence-corrected chi connectivity index (χ2v) is 61.9. The van der Waals surface area contributed by atoms with E-state index < -0.39 is 55.2 Å². The molecule has 0 bridgehead atoms. The van der Waals surface area contributed by atoms with Gasteiger partial charge in [-0.1, -0.05) is 372 Å². The Morgan fingerprint density at radius 1 is 0.230 bits per heavy atom. The van der Waals surface area contributed by atoms with Crippen LogP contribution in [0, 0.1) is 27.9 Å². The molecule has 22 rings (SSSR count). The summed E-state index contributed by atoms with van der Waals surface area (Å²) in [5.41, 5.74) is 24.3. The number of carbonyl (C=O) groups is 4. The molecule has 0 spiro atoms. The van der Waals surface area contributed by atoms with Crippen molar-refractivity contribution in [3.8, 4) is 117 Å². The van der Waals surface area contributed by atoms with Gasteiger partial charge in [0.25, 0.3) is 25.0 Å². The quantitative estimate of drug-likeness (QED) is 0.0454. The van der Waals surface area contributed by atoms with Crippen molar-refractivity contribution < 1.29 is 41.8 Å². The molecule has 148 heavy (non-hydrogen) atoms. The lowest BCUT2D eigenvalue weighted by Crippen LogP contribution is -2.44. The Kier molecular flexibility index (Phi) is 28.0. The smallest absolute Gasteiger partial charge is 0.494 e. The molecule has 0 aromatic heterocycles. The van der Waals surface area contributed by atoms with Gasteiger partial charge in [0.1, 0.15) is 17.2 Å². The molecule has 1 saturated heterocycles. The topological polar surface area (TPSA) is 114 Å². The number of Topliss-reactive ketones (excluding diaryl/α,β-unsaturated/α-hetero) is 4. The molecule has 9 nitrogen and oxygen atoms in total. The summed E-state index contributed by atoms with van der Waals surface area (Å²) in [5.74, 6) is 1.19. The molecule has 19 aromatic carbocycles. The van der Waals surface area contributed by atoms with E-state index in [0.717, 1.165) is 83.7 Å². The zero-order chi connectivity index (χ0) is 105. The second kappa shape index (κ2) is 40.1. The summed E-state index contributed by atoms with van der Waals surface area (Å²) < 4.78 is 36.5. The normalized spacial score (nSPS) is 13.9. The summed E-state index contributed by atoms with van der Waals surface area (Å²) in [6.45, 7) is 49.7. The van der Waals surface area contributed by atoms with Crippen molar-refractivity contribution in [3.63, 3.8) is 0 Å². The fourth-order valence-electron chi connectivity index (χ4n) is 19.4. The SMILES string of the molecule is Cc1c(O[Si](C)(C)C(C)(C)C)c2cc(B3OC(C)(C)C(C)(C)O3)ccc2c2ccccc12.Cc1c(O[Si](C)(C)C(C)(C)C)c2ccccc2c2ccc(-c3ccc(-c4ccc(-c5ccc6c(c5)c(O[Si](C)(C)C(C)(C)C)c(C)c5ccccc56)cc4)cc3)cc12.Ic1ccc(-c2ccc(I)cc2)cc1.O=C1C(=O)c2cc(-c3ccc(-c4ccc(-c5ccc6c(c5)C(=O)C(=O)c5ccccc5-6)cc4)cc3)ccc2-c2ccccc21. The van der Waals surface area contributed by atoms with Gasteiger partial charge >= 0.3 is 7.12 Å². The number of aryl methyl sites for hydroxylation is 3. The summed E-state index contributed by atoms with van der Waals surface area (Å²) >= 11 is 4.64. The average molecular weight is 2220 g/mol. The van der Waals surface area contributed by atoms with Crippen molar-refractivity contribution in [2.75, 3.05) is 0 Å². The highest BCUT2D eigenvalue weighted by molar-refractivity contribution is 14.1. The molecule has 0 amide bonds. The fraction of sp³-hybridized carbons (Fsp3) is 0.203. The third kappa shape index (κ3) is 20.0. The van der Waals surface area contributed by atoms with Gasteiger partial charge in [-0.2, -0.15) is 0 Å². The van der Waals surface area contributed by atoms with E-state index in [1.807, 2.05) is 109 Å². The zero-order valence-corrected chi connectivity index (χ0v) is 95.9. The Labute approximate surface area is 902 Å². The molecular weight excluding hydrogens is 2090 g/mol. The van der Waals surface area contributed by atoms with E-state index in [2.05, 4.69) is 420 Å². The number of benzene rings is 19. The van der Waals surface area contributed by atoms with E-state index in [1.165, 1.54) is 128 Å². The minimum atomic E-state index is -2.09. The van der Waals surface area contributed by atoms with E-state index in [9.17, 15) is 19.2 Å². The lowest BCUT2D eigenvalue weighted by Gasteiger charge is -2.37. The molecule has 19 aromatic rings. The van der Waals surface area contributed by atoms with Gasteiger partial charge in [-0.3, -0.25) is 19.2 Å². The van der Waals surface area contributed by atoms with Gasteiger partial charge in [0.2, 0.25) is 23.1 Å². The van der Waals surface area contributed by atoms with Crippen molar-refractivity contribution in [2.45, 2.75) is 176 Å². The molecule has 0 N–H and O–H groups in total. The molecular formula is C133H125BI2O9Si3. The van der Waals surface area contributed by atoms with Crippen molar-refractivity contribution >= 4 is 170 Å². The predicted molar refractivity (Wildman–Crippen MR) is 646 cm³/mol. The van der Waals surface area contributed by atoms with Crippen LogP contribution in [0.15, 0.2) is 358 Å². The van der Waals surface area contributed by atoms with Gasteiger partial charge in [-0.25, -0.2) is 0 Å². The van der Waals surface area contributed by atoms with Crippen LogP contribution in [0.25, 0.3) is 165 Å². The molecule has 1 fully saturated rings. The van der Waals surface area contributed by atoms with Crippen LogP contribution < -0.4 is 18.7 Å². The minimum Gasteiger partial charge on any atom is -0.543 e. The predicted octanol–water partition coefficient (Wildman–Crippen LogP) is 37.0. The molecule has 3 aliphatic rings. The van der Waals surface area contributed by atoms with Crippen LogP contribution in [0.1, 0.15) is 148 Å². The van der Waals surface area contributed by atoms with Crippen molar-refractivity contribution in [2.24, 2.45) is 0 Å². The number of carbonyl (C=O) groups excluding carboxylic acids is 4. The molecule has 0 atom stereocenters. The standard InChI is InChI=1S/C54H58O2Si2.C40H22O4.C27H37BO3Si.C12H8I2/c1-35-43-17-13-14-18-44(43)47-32-30-42(34-50(47)52(35)56-58(11,12)54(6,7)8)40-27-23-38(24-28-40)37-21-25-39(26-22-37)41-29-31-46-45-19-15-16-20-48(45)51(36(2)49(46)33-41)55-57(9,10)53(3,4)5;41-37-33-7-3-1-5-29(33)31-19-17-27(21-35(31)39(37)43)25-13-9-23(10-14-25)24-11-15-26(16-12-24)28-18-20-32-30-6-2-4-8-34(30)38(42)40(44)36(32)22-28;1-18-20-13-11-12-14-21(20)22-16-15-19(28-30-26(5,6)27(7,8)31-28)17-23(22)24(18)29-32(9,10)25(2,3)4;13-11-5-1-9(2-6-11)10-3-7-12(14)8-4-10/h13-34H,1-12H3;1-22H;11-17H,1-10H3;1-8H. The first-order valence-electron chi connectivity index (χ1n) is 51.1. The van der Waals surface area contributed by atoms with Gasteiger partial charge in [0.15, 0.2) is 0 Å². The average Bonchev–Trinajstić information content (AvgIpc) is 1.40. The maximum Gasteiger partial charge on any atom is 0.494 e. The molecule has 15 heteroatoms. The lowest BCUT2D eigenvalue weighted by atomic mass is 9.77. The Bertz CT molecular complexity index is 8280. The molecule has 1 aliphatic heterocycles. The highest BCUT2D eigenvalue weighted by Crippen LogP contribution is 2.51. The first-order chi connectivity index (χ1) is 70.2. The third-order valence-electron chi connectivity index (χ3n) is 32.1. The Balaban J connectivity index is 0.000000135. The summed E-state index contributed by atoms with van der Waals surface area (Å²) in [7, 11) is -6.59. The maximum atomic E-state index is 12.9. The zero-order valence-electron chi connectivity index (χ0n) is 88.6. The monoisotopic (exact) mass is 2210 g/mol. The number of ketones is 4. The first-order valence-corrected chi connectivity index (χ1v) is 62.0. The number of halogens is 2. The summed E-state index contributed by atoms with van der Waals surface area (Å²) in [6.07, 6.45) is 0.